The highest BCUT2D eigenvalue weighted by molar-refractivity contribution is 5.77. The first-order valence-electron chi connectivity index (χ1n) is 26.9. The van der Waals surface area contributed by atoms with Gasteiger partial charge in [-0.05, 0) is 77.0 Å². The van der Waals surface area contributed by atoms with Crippen molar-refractivity contribution in [3.8, 4) is 0 Å². The third-order valence-corrected chi connectivity index (χ3v) is 12.2. The Hall–Kier alpha value is -2.18. The molecule has 3 atom stereocenters. The van der Waals surface area contributed by atoms with E-state index in [2.05, 4.69) is 74.7 Å². The summed E-state index contributed by atoms with van der Waals surface area (Å²) in [4.78, 5) is 26.2. The van der Waals surface area contributed by atoms with Crippen LogP contribution in [0.4, 0.5) is 0 Å². The van der Waals surface area contributed by atoms with Gasteiger partial charge in [0.1, 0.15) is 6.10 Å². The number of aliphatic hydroxyl groups is 2. The second-order valence-corrected chi connectivity index (χ2v) is 18.3. The maximum atomic E-state index is 13.2. The molecule has 0 saturated carbocycles. The zero-order valence-corrected chi connectivity index (χ0v) is 41.3. The summed E-state index contributed by atoms with van der Waals surface area (Å²) in [6, 6.07) is -0.713. The Morgan fingerprint density at radius 2 is 0.839 bits per heavy atom. The van der Waals surface area contributed by atoms with Crippen LogP contribution in [0.5, 0.6) is 0 Å². The number of hydrogen-bond acceptors (Lipinski definition) is 5. The van der Waals surface area contributed by atoms with Crippen molar-refractivity contribution in [2.75, 3.05) is 6.61 Å². The van der Waals surface area contributed by atoms with E-state index in [1.54, 1.807) is 0 Å². The van der Waals surface area contributed by atoms with Crippen molar-refractivity contribution in [2.24, 2.45) is 0 Å². The van der Waals surface area contributed by atoms with Gasteiger partial charge in [-0.3, -0.25) is 9.59 Å². The highest BCUT2D eigenvalue weighted by Gasteiger charge is 2.24. The minimum atomic E-state index is -0.797. The number of unbranched alkanes of at least 4 members (excludes halogenated alkanes) is 30. The molecule has 0 aromatic carbocycles. The summed E-state index contributed by atoms with van der Waals surface area (Å²) >= 11 is 0. The monoisotopic (exact) mass is 870 g/mol. The lowest BCUT2D eigenvalue weighted by Crippen LogP contribution is -2.46. The average molecular weight is 870 g/mol. The van der Waals surface area contributed by atoms with Crippen molar-refractivity contribution in [1.82, 2.24) is 5.32 Å². The zero-order valence-electron chi connectivity index (χ0n) is 41.3. The number of allylic oxidation sites excluding steroid dienone is 8. The molecular formula is C56H103NO5. The predicted molar refractivity (Wildman–Crippen MR) is 269 cm³/mol. The molecule has 0 radical (unpaired) electrons. The molecule has 0 heterocycles. The smallest absolute Gasteiger partial charge is 0.306 e. The van der Waals surface area contributed by atoms with Gasteiger partial charge in [-0.1, -0.05) is 230 Å². The predicted octanol–water partition coefficient (Wildman–Crippen LogP) is 16.2. The van der Waals surface area contributed by atoms with E-state index in [-0.39, 0.29) is 24.9 Å². The van der Waals surface area contributed by atoms with Gasteiger partial charge in [0.25, 0.3) is 0 Å². The minimum absolute atomic E-state index is 0.0541. The number of carbonyl (C=O) groups is 2. The van der Waals surface area contributed by atoms with E-state index in [0.717, 1.165) is 70.6 Å². The minimum Gasteiger partial charge on any atom is -0.462 e. The van der Waals surface area contributed by atoms with E-state index in [4.69, 9.17) is 4.74 Å². The van der Waals surface area contributed by atoms with Gasteiger partial charge >= 0.3 is 5.97 Å². The van der Waals surface area contributed by atoms with Crippen LogP contribution in [0.2, 0.25) is 0 Å². The molecule has 6 nitrogen and oxygen atoms in total. The number of amides is 1. The van der Waals surface area contributed by atoms with Gasteiger partial charge in [0.2, 0.25) is 5.91 Å². The molecule has 62 heavy (non-hydrogen) atoms. The van der Waals surface area contributed by atoms with Crippen LogP contribution in [0.1, 0.15) is 271 Å². The quantitative estimate of drug-likeness (QED) is 0.0245. The Balaban J connectivity index is 4.65. The summed E-state index contributed by atoms with van der Waals surface area (Å²) in [6.45, 7) is 6.45. The van der Waals surface area contributed by atoms with Crippen LogP contribution in [0.15, 0.2) is 48.6 Å². The molecular weight excluding hydrogens is 767 g/mol. The Kier molecular flexibility index (Phi) is 48.1. The Morgan fingerprint density at radius 1 is 0.468 bits per heavy atom. The molecule has 3 unspecified atom stereocenters. The van der Waals surface area contributed by atoms with Crippen LogP contribution in [0, 0.1) is 0 Å². The van der Waals surface area contributed by atoms with Gasteiger partial charge in [-0.2, -0.15) is 0 Å². The van der Waals surface area contributed by atoms with Gasteiger partial charge in [-0.15, -0.1) is 0 Å². The van der Waals surface area contributed by atoms with Crippen LogP contribution in [-0.4, -0.2) is 46.9 Å². The zero-order chi connectivity index (χ0) is 45.2. The van der Waals surface area contributed by atoms with Crippen molar-refractivity contribution in [1.29, 1.82) is 0 Å². The molecule has 3 N–H and O–H groups in total. The normalized spacial score (nSPS) is 13.6. The lowest BCUT2D eigenvalue weighted by atomic mass is 10.0. The highest BCUT2D eigenvalue weighted by Crippen LogP contribution is 2.17. The number of aliphatic hydroxyl groups excluding tert-OH is 2. The third-order valence-electron chi connectivity index (χ3n) is 12.2. The molecule has 0 aliphatic carbocycles. The Morgan fingerprint density at radius 3 is 1.31 bits per heavy atom. The third kappa shape index (κ3) is 44.4. The number of hydrogen-bond donors (Lipinski definition) is 3. The molecule has 0 spiro atoms. The van der Waals surface area contributed by atoms with E-state index < -0.39 is 18.2 Å². The molecule has 1 amide bonds. The second kappa shape index (κ2) is 49.8. The summed E-state index contributed by atoms with van der Waals surface area (Å²) in [7, 11) is 0. The SMILES string of the molecule is CCCCCC/C=C\CCCCCCCCCC(=O)OC(CCCCC/C=C/C=C/C=C/CCCCCCC)CC(=O)NC(CO)C(O)CCCCCCCCCCCCCC. The fraction of sp³-hybridized carbons (Fsp3) is 0.821. The summed E-state index contributed by atoms with van der Waals surface area (Å²) < 4.78 is 5.93. The summed E-state index contributed by atoms with van der Waals surface area (Å²) in [5.41, 5.74) is 0. The van der Waals surface area contributed by atoms with Gasteiger partial charge in [0.05, 0.1) is 25.2 Å². The number of rotatable bonds is 48. The van der Waals surface area contributed by atoms with Gasteiger partial charge < -0.3 is 20.3 Å². The molecule has 0 rings (SSSR count). The Bertz CT molecular complexity index is 1070. The van der Waals surface area contributed by atoms with Crippen LogP contribution in [0.3, 0.4) is 0 Å². The van der Waals surface area contributed by atoms with Crippen LogP contribution in [-0.2, 0) is 14.3 Å². The molecule has 0 aromatic rings. The molecule has 0 aliphatic rings. The number of esters is 1. The van der Waals surface area contributed by atoms with E-state index in [1.165, 1.54) is 154 Å². The standard InChI is InChI=1S/C56H103NO5/c1-4-7-10-13-16-19-22-25-27-29-30-32-35-38-41-44-47-52(62-56(61)49-46-43-40-37-34-31-28-26-23-20-17-14-11-8-5-2)50-55(60)57-53(51-58)54(59)48-45-42-39-36-33-24-21-18-15-12-9-6-3/h20,22-23,25,27,29-30,32,52-54,58-59H,4-19,21,24,26,28,31,33-51H2,1-3H3,(H,57,60)/b23-20-,25-22+,29-27+,32-30+. The van der Waals surface area contributed by atoms with Crippen LogP contribution in [0.25, 0.3) is 0 Å². The Labute approximate surface area is 385 Å². The first-order valence-corrected chi connectivity index (χ1v) is 26.9. The molecule has 0 aliphatic heterocycles. The maximum Gasteiger partial charge on any atom is 0.306 e. The number of ether oxygens (including phenoxy) is 1. The van der Waals surface area contributed by atoms with E-state index in [0.29, 0.717) is 19.3 Å². The molecule has 0 bridgehead atoms. The van der Waals surface area contributed by atoms with Gasteiger partial charge in [0, 0.05) is 6.42 Å². The summed E-state index contributed by atoms with van der Waals surface area (Å²) in [5, 5.41) is 23.8. The fourth-order valence-electron chi connectivity index (χ4n) is 8.07. The average Bonchev–Trinajstić information content (AvgIpc) is 3.26. The number of carbonyl (C=O) groups excluding carboxylic acids is 2. The van der Waals surface area contributed by atoms with Crippen LogP contribution >= 0.6 is 0 Å². The van der Waals surface area contributed by atoms with E-state index in [9.17, 15) is 19.8 Å². The molecule has 0 saturated heterocycles. The van der Waals surface area contributed by atoms with Gasteiger partial charge in [0.15, 0.2) is 0 Å². The van der Waals surface area contributed by atoms with E-state index in [1.807, 2.05) is 0 Å². The van der Waals surface area contributed by atoms with Crippen molar-refractivity contribution >= 4 is 11.9 Å². The van der Waals surface area contributed by atoms with Crippen molar-refractivity contribution in [2.45, 2.75) is 289 Å². The van der Waals surface area contributed by atoms with Crippen molar-refractivity contribution in [3.63, 3.8) is 0 Å². The topological polar surface area (TPSA) is 95.9 Å². The first-order chi connectivity index (χ1) is 30.5. The lowest BCUT2D eigenvalue weighted by Gasteiger charge is -2.24. The van der Waals surface area contributed by atoms with Gasteiger partial charge in [-0.25, -0.2) is 0 Å². The van der Waals surface area contributed by atoms with E-state index >= 15 is 0 Å². The second-order valence-electron chi connectivity index (χ2n) is 18.3. The van der Waals surface area contributed by atoms with Crippen molar-refractivity contribution < 1.29 is 24.5 Å². The maximum absolute atomic E-state index is 13.2. The van der Waals surface area contributed by atoms with Crippen LogP contribution < -0.4 is 5.32 Å². The molecule has 6 heteroatoms. The molecule has 0 aromatic heterocycles. The fourth-order valence-corrected chi connectivity index (χ4v) is 8.07. The first kappa shape index (κ1) is 59.8. The number of nitrogens with one attached hydrogen (secondary N) is 1. The van der Waals surface area contributed by atoms with Crippen molar-refractivity contribution in [3.05, 3.63) is 48.6 Å². The molecule has 0 fully saturated rings. The highest BCUT2D eigenvalue weighted by atomic mass is 16.5. The lowest BCUT2D eigenvalue weighted by molar-refractivity contribution is -0.151. The largest absolute Gasteiger partial charge is 0.462 e. The molecule has 362 valence electrons. The summed E-state index contributed by atoms with van der Waals surface area (Å²) in [5.74, 6) is -0.506. The summed E-state index contributed by atoms with van der Waals surface area (Å²) in [6.07, 6.45) is 60.2.